The first kappa shape index (κ1) is 13.0. The van der Waals surface area contributed by atoms with Gasteiger partial charge in [-0.25, -0.2) is 9.78 Å². The highest BCUT2D eigenvalue weighted by Crippen LogP contribution is 2.17. The Kier molecular flexibility index (Phi) is 4.06. The first-order chi connectivity index (χ1) is 9.22. The molecule has 94 valence electrons. The Morgan fingerprint density at radius 1 is 1.47 bits per heavy atom. The van der Waals surface area contributed by atoms with Crippen molar-refractivity contribution in [3.63, 3.8) is 0 Å². The molecule has 0 amide bonds. The van der Waals surface area contributed by atoms with Crippen molar-refractivity contribution in [2.45, 2.75) is 0 Å². The van der Waals surface area contributed by atoms with Gasteiger partial charge in [-0.05, 0) is 23.8 Å². The number of hydrogen-bond donors (Lipinski definition) is 0. The Hall–Kier alpha value is -2.45. The molecular weight excluding hydrogens is 260 g/mol. The van der Waals surface area contributed by atoms with Crippen molar-refractivity contribution in [2.24, 2.45) is 0 Å². The third kappa shape index (κ3) is 3.27. The van der Waals surface area contributed by atoms with E-state index < -0.39 is 0 Å². The SMILES string of the molecule is COC(=O)c1cnc(C=Cc2cccc(C#N)c2)s1. The molecule has 0 fully saturated rings. The number of thiazole rings is 1. The molecule has 0 aliphatic carbocycles. The molecule has 4 nitrogen and oxygen atoms in total. The molecule has 0 aliphatic heterocycles. The molecule has 2 aromatic rings. The van der Waals surface area contributed by atoms with Gasteiger partial charge in [-0.3, -0.25) is 0 Å². The van der Waals surface area contributed by atoms with E-state index in [0.717, 1.165) is 5.56 Å². The number of ether oxygens (including phenoxy) is 1. The zero-order valence-electron chi connectivity index (χ0n) is 10.2. The lowest BCUT2D eigenvalue weighted by Gasteiger charge is -1.93. The topological polar surface area (TPSA) is 63.0 Å². The van der Waals surface area contributed by atoms with Crippen molar-refractivity contribution in [1.29, 1.82) is 5.26 Å². The summed E-state index contributed by atoms with van der Waals surface area (Å²) in [4.78, 5) is 15.8. The van der Waals surface area contributed by atoms with E-state index in [9.17, 15) is 4.79 Å². The molecule has 0 unspecified atom stereocenters. The smallest absolute Gasteiger partial charge is 0.349 e. The summed E-state index contributed by atoms with van der Waals surface area (Å²) in [6, 6.07) is 9.33. The summed E-state index contributed by atoms with van der Waals surface area (Å²) in [5.41, 5.74) is 1.52. The highest BCUT2D eigenvalue weighted by Gasteiger charge is 2.08. The number of nitrogens with zero attached hydrogens (tertiary/aromatic N) is 2. The second kappa shape index (κ2) is 5.94. The molecule has 5 heteroatoms. The number of benzene rings is 1. The van der Waals surface area contributed by atoms with Crippen LogP contribution in [0.1, 0.15) is 25.8 Å². The van der Waals surface area contributed by atoms with Gasteiger partial charge in [0, 0.05) is 0 Å². The summed E-state index contributed by atoms with van der Waals surface area (Å²) in [7, 11) is 1.34. The molecule has 1 aromatic carbocycles. The first-order valence-electron chi connectivity index (χ1n) is 5.45. The van der Waals surface area contributed by atoms with E-state index in [1.54, 1.807) is 18.2 Å². The predicted molar refractivity (Wildman–Crippen MR) is 73.5 cm³/mol. The van der Waals surface area contributed by atoms with Gasteiger partial charge in [0.25, 0.3) is 0 Å². The summed E-state index contributed by atoms with van der Waals surface area (Å²) < 4.78 is 4.61. The van der Waals surface area contributed by atoms with Crippen molar-refractivity contribution < 1.29 is 9.53 Å². The van der Waals surface area contributed by atoms with E-state index in [1.807, 2.05) is 18.2 Å². The van der Waals surface area contributed by atoms with Crippen LogP contribution in [0, 0.1) is 11.3 Å². The number of carbonyl (C=O) groups is 1. The average Bonchev–Trinajstić information content (AvgIpc) is 2.93. The van der Waals surface area contributed by atoms with Crippen LogP contribution in [0.2, 0.25) is 0 Å². The molecule has 0 radical (unpaired) electrons. The lowest BCUT2D eigenvalue weighted by molar-refractivity contribution is 0.0606. The quantitative estimate of drug-likeness (QED) is 0.804. The molecule has 0 spiro atoms. The van der Waals surface area contributed by atoms with Crippen LogP contribution >= 0.6 is 11.3 Å². The van der Waals surface area contributed by atoms with Gasteiger partial charge in [-0.1, -0.05) is 18.2 Å². The van der Waals surface area contributed by atoms with Gasteiger partial charge in [-0.2, -0.15) is 5.26 Å². The number of methoxy groups -OCH3 is 1. The number of aromatic nitrogens is 1. The highest BCUT2D eigenvalue weighted by molar-refractivity contribution is 7.14. The van der Waals surface area contributed by atoms with E-state index >= 15 is 0 Å². The predicted octanol–water partition coefficient (Wildman–Crippen LogP) is 2.97. The largest absolute Gasteiger partial charge is 0.465 e. The number of esters is 1. The van der Waals surface area contributed by atoms with Crippen LogP contribution in [-0.2, 0) is 4.74 Å². The van der Waals surface area contributed by atoms with Crippen LogP contribution < -0.4 is 0 Å². The van der Waals surface area contributed by atoms with Crippen LogP contribution in [0.5, 0.6) is 0 Å². The monoisotopic (exact) mass is 270 g/mol. The minimum absolute atomic E-state index is 0.386. The normalized spacial score (nSPS) is 10.3. The molecule has 0 bridgehead atoms. The van der Waals surface area contributed by atoms with Gasteiger partial charge >= 0.3 is 5.97 Å². The van der Waals surface area contributed by atoms with Crippen molar-refractivity contribution in [1.82, 2.24) is 4.98 Å². The average molecular weight is 270 g/mol. The van der Waals surface area contributed by atoms with Gasteiger partial charge in [-0.15, -0.1) is 11.3 Å². The number of hydrogen-bond acceptors (Lipinski definition) is 5. The van der Waals surface area contributed by atoms with E-state index in [2.05, 4.69) is 15.8 Å². The fourth-order valence-corrected chi connectivity index (χ4v) is 2.18. The van der Waals surface area contributed by atoms with E-state index in [4.69, 9.17) is 5.26 Å². The molecule has 0 saturated carbocycles. The lowest BCUT2D eigenvalue weighted by Crippen LogP contribution is -1.96. The van der Waals surface area contributed by atoms with Gasteiger partial charge < -0.3 is 4.74 Å². The molecule has 0 aliphatic rings. The molecule has 0 N–H and O–H groups in total. The van der Waals surface area contributed by atoms with Crippen LogP contribution in [0.3, 0.4) is 0 Å². The number of carbonyl (C=O) groups excluding carboxylic acids is 1. The second-order valence-electron chi connectivity index (χ2n) is 3.62. The van der Waals surface area contributed by atoms with E-state index in [0.29, 0.717) is 15.4 Å². The van der Waals surface area contributed by atoms with Crippen molar-refractivity contribution in [3.05, 3.63) is 51.5 Å². The second-order valence-corrected chi connectivity index (χ2v) is 4.69. The zero-order valence-corrected chi connectivity index (χ0v) is 11.0. The highest BCUT2D eigenvalue weighted by atomic mass is 32.1. The Bertz CT molecular complexity index is 668. The minimum Gasteiger partial charge on any atom is -0.465 e. The Labute approximate surface area is 114 Å². The first-order valence-corrected chi connectivity index (χ1v) is 6.27. The summed E-state index contributed by atoms with van der Waals surface area (Å²) in [5.74, 6) is -0.386. The summed E-state index contributed by atoms with van der Waals surface area (Å²) >= 11 is 1.26. The standard InChI is InChI=1S/C14H10N2O2S/c1-18-14(17)12-9-16-13(19-12)6-5-10-3-2-4-11(7-10)8-15/h2-7,9H,1H3. The van der Waals surface area contributed by atoms with Crippen LogP contribution in [0.4, 0.5) is 0 Å². The van der Waals surface area contributed by atoms with Crippen LogP contribution in [0.25, 0.3) is 12.2 Å². The third-order valence-corrected chi connectivity index (χ3v) is 3.29. The molecule has 0 atom stereocenters. The van der Waals surface area contributed by atoms with Gasteiger partial charge in [0.2, 0.25) is 0 Å². The maximum Gasteiger partial charge on any atom is 0.349 e. The number of rotatable bonds is 3. The molecule has 1 heterocycles. The molecule has 0 saturated heterocycles. The lowest BCUT2D eigenvalue weighted by atomic mass is 10.1. The molecule has 19 heavy (non-hydrogen) atoms. The molecule has 2 rings (SSSR count). The van der Waals surface area contributed by atoms with Gasteiger partial charge in [0.15, 0.2) is 0 Å². The zero-order chi connectivity index (χ0) is 13.7. The Balaban J connectivity index is 2.16. The van der Waals surface area contributed by atoms with Crippen LogP contribution in [0.15, 0.2) is 30.5 Å². The van der Waals surface area contributed by atoms with Crippen LogP contribution in [-0.4, -0.2) is 18.1 Å². The Morgan fingerprint density at radius 2 is 2.32 bits per heavy atom. The van der Waals surface area contributed by atoms with Gasteiger partial charge in [0.1, 0.15) is 9.88 Å². The van der Waals surface area contributed by atoms with Crippen molar-refractivity contribution in [2.75, 3.05) is 7.11 Å². The third-order valence-electron chi connectivity index (χ3n) is 2.34. The summed E-state index contributed by atoms with van der Waals surface area (Å²) in [5, 5.41) is 9.51. The fraction of sp³-hybridized carbons (Fsp3) is 0.0714. The van der Waals surface area contributed by atoms with E-state index in [-0.39, 0.29) is 5.97 Å². The van der Waals surface area contributed by atoms with E-state index in [1.165, 1.54) is 24.6 Å². The van der Waals surface area contributed by atoms with Gasteiger partial charge in [0.05, 0.1) is 24.9 Å². The Morgan fingerprint density at radius 3 is 3.05 bits per heavy atom. The van der Waals surface area contributed by atoms with Crippen molar-refractivity contribution >= 4 is 29.5 Å². The maximum absolute atomic E-state index is 11.3. The molecule has 1 aromatic heterocycles. The van der Waals surface area contributed by atoms with Crippen molar-refractivity contribution in [3.8, 4) is 6.07 Å². The fourth-order valence-electron chi connectivity index (χ4n) is 1.44. The molecular formula is C14H10N2O2S. The number of nitriles is 1. The minimum atomic E-state index is -0.386. The summed E-state index contributed by atoms with van der Waals surface area (Å²) in [6.07, 6.45) is 5.14. The maximum atomic E-state index is 11.3. The summed E-state index contributed by atoms with van der Waals surface area (Å²) in [6.45, 7) is 0.